The van der Waals surface area contributed by atoms with Crippen molar-refractivity contribution in [3.63, 3.8) is 0 Å². The molecule has 0 atom stereocenters. The van der Waals surface area contributed by atoms with E-state index in [1.54, 1.807) is 11.7 Å². The molecule has 2 heterocycles. The van der Waals surface area contributed by atoms with Crippen LogP contribution in [0, 0.1) is 6.92 Å². The fourth-order valence-corrected chi connectivity index (χ4v) is 3.17. The summed E-state index contributed by atoms with van der Waals surface area (Å²) in [5, 5.41) is 8.15. The first-order valence-corrected chi connectivity index (χ1v) is 7.48. The Labute approximate surface area is 129 Å². The average Bonchev–Trinajstić information content (AvgIpc) is 2.73. The molecular weight excluding hydrogens is 286 g/mol. The molecule has 0 saturated heterocycles. The number of nitrogens with zero attached hydrogens (tertiary/aromatic N) is 2. The quantitative estimate of drug-likeness (QED) is 0.886. The van der Waals surface area contributed by atoms with Gasteiger partial charge < -0.3 is 5.32 Å². The number of benzene rings is 1. The Kier molecular flexibility index (Phi) is 3.83. The van der Waals surface area contributed by atoms with E-state index in [-0.39, 0.29) is 5.78 Å². The Balaban J connectivity index is 1.93. The summed E-state index contributed by atoms with van der Waals surface area (Å²) < 4.78 is 1.61. The Bertz CT molecular complexity index is 706. The smallest absolute Gasteiger partial charge is 0.167 e. The minimum atomic E-state index is 0.117. The number of carbonyl (C=O) groups excluding carboxylic acids is 1. The van der Waals surface area contributed by atoms with Crippen LogP contribution in [-0.4, -0.2) is 22.1 Å². The zero-order chi connectivity index (χ0) is 15.0. The van der Waals surface area contributed by atoms with Crippen molar-refractivity contribution in [2.24, 2.45) is 7.05 Å². The summed E-state index contributed by atoms with van der Waals surface area (Å²) in [6, 6.07) is 5.96. The third-order valence-electron chi connectivity index (χ3n) is 4.05. The molecule has 0 spiro atoms. The molecule has 0 saturated carbocycles. The van der Waals surface area contributed by atoms with Crippen molar-refractivity contribution >= 4 is 17.4 Å². The van der Waals surface area contributed by atoms with Crippen molar-refractivity contribution in [2.75, 3.05) is 6.54 Å². The minimum absolute atomic E-state index is 0.117. The van der Waals surface area contributed by atoms with Gasteiger partial charge in [-0.2, -0.15) is 5.10 Å². The fourth-order valence-electron chi connectivity index (χ4n) is 2.92. The number of nitrogens with one attached hydrogen (secondary N) is 1. The van der Waals surface area contributed by atoms with E-state index >= 15 is 0 Å². The highest BCUT2D eigenvalue weighted by Crippen LogP contribution is 2.24. The highest BCUT2D eigenvalue weighted by Gasteiger charge is 2.20. The van der Waals surface area contributed by atoms with E-state index < -0.39 is 0 Å². The molecule has 4 nitrogen and oxygen atoms in total. The normalized spacial score (nSPS) is 14.0. The molecule has 1 aliphatic heterocycles. The van der Waals surface area contributed by atoms with Gasteiger partial charge in [0.25, 0.3) is 0 Å². The molecule has 1 aliphatic rings. The van der Waals surface area contributed by atoms with E-state index in [9.17, 15) is 4.79 Å². The molecule has 0 unspecified atom stereocenters. The molecule has 1 N–H and O–H groups in total. The van der Waals surface area contributed by atoms with Crippen molar-refractivity contribution in [3.05, 3.63) is 51.3 Å². The van der Waals surface area contributed by atoms with Gasteiger partial charge >= 0.3 is 0 Å². The van der Waals surface area contributed by atoms with E-state index in [1.165, 1.54) is 11.1 Å². The van der Waals surface area contributed by atoms with Gasteiger partial charge in [-0.1, -0.05) is 29.8 Å². The number of ketones is 1. The largest absolute Gasteiger partial charge is 0.312 e. The Morgan fingerprint density at radius 1 is 1.48 bits per heavy atom. The van der Waals surface area contributed by atoms with Crippen LogP contribution in [0.1, 0.15) is 32.7 Å². The molecule has 0 aliphatic carbocycles. The number of rotatable bonds is 3. The fraction of sp³-hybridized carbons (Fsp3) is 0.375. The maximum Gasteiger partial charge on any atom is 0.167 e. The molecule has 21 heavy (non-hydrogen) atoms. The standard InChI is InChI=1S/C16H18ClN3O/c1-10-14(16(17)20(2)19-10)8-15(21)13-5-3-4-11-9-18-7-6-12(11)13/h3-5,18H,6-9H2,1-2H3. The maximum atomic E-state index is 12.7. The van der Waals surface area contributed by atoms with E-state index in [0.717, 1.165) is 36.3 Å². The van der Waals surface area contributed by atoms with Crippen LogP contribution >= 0.6 is 11.6 Å². The van der Waals surface area contributed by atoms with Crippen LogP contribution in [0.15, 0.2) is 18.2 Å². The zero-order valence-corrected chi connectivity index (χ0v) is 13.0. The van der Waals surface area contributed by atoms with Gasteiger partial charge in [0, 0.05) is 31.1 Å². The number of aryl methyl sites for hydroxylation is 2. The number of fused-ring (bicyclic) bond motifs is 1. The van der Waals surface area contributed by atoms with Crippen molar-refractivity contribution < 1.29 is 4.79 Å². The van der Waals surface area contributed by atoms with Crippen LogP contribution in [0.4, 0.5) is 0 Å². The van der Waals surface area contributed by atoms with Crippen molar-refractivity contribution in [3.8, 4) is 0 Å². The van der Waals surface area contributed by atoms with Crippen LogP contribution in [0.2, 0.25) is 5.15 Å². The lowest BCUT2D eigenvalue weighted by molar-refractivity contribution is 0.0991. The van der Waals surface area contributed by atoms with Gasteiger partial charge in [-0.15, -0.1) is 0 Å². The first-order valence-electron chi connectivity index (χ1n) is 7.10. The molecule has 110 valence electrons. The van der Waals surface area contributed by atoms with Gasteiger partial charge in [0.05, 0.1) is 5.69 Å². The number of Topliss-reactive ketones (excluding diaryl/α,β-unsaturated/α-hetero) is 1. The average molecular weight is 304 g/mol. The molecule has 1 aromatic carbocycles. The number of hydrogen-bond acceptors (Lipinski definition) is 3. The first-order chi connectivity index (χ1) is 10.1. The molecule has 5 heteroatoms. The summed E-state index contributed by atoms with van der Waals surface area (Å²) in [5.41, 5.74) is 4.88. The molecule has 0 fully saturated rings. The molecule has 0 radical (unpaired) electrons. The molecule has 0 amide bonds. The third-order valence-corrected chi connectivity index (χ3v) is 4.52. The summed E-state index contributed by atoms with van der Waals surface area (Å²) in [6.07, 6.45) is 1.21. The zero-order valence-electron chi connectivity index (χ0n) is 12.2. The Hall–Kier alpha value is -1.65. The summed E-state index contributed by atoms with van der Waals surface area (Å²) in [5.74, 6) is 0.117. The van der Waals surface area contributed by atoms with Gasteiger partial charge in [0.2, 0.25) is 0 Å². The summed E-state index contributed by atoms with van der Waals surface area (Å²) in [4.78, 5) is 12.7. The maximum absolute atomic E-state index is 12.7. The summed E-state index contributed by atoms with van der Waals surface area (Å²) in [7, 11) is 1.79. The summed E-state index contributed by atoms with van der Waals surface area (Å²) in [6.45, 7) is 3.64. The molecule has 0 bridgehead atoms. The number of halogens is 1. The molecule has 3 rings (SSSR count). The second kappa shape index (κ2) is 5.62. The molecule has 1 aromatic heterocycles. The lowest BCUT2D eigenvalue weighted by Crippen LogP contribution is -2.25. The molecule has 2 aromatic rings. The van der Waals surface area contributed by atoms with Gasteiger partial charge in [-0.3, -0.25) is 9.48 Å². The van der Waals surface area contributed by atoms with Gasteiger partial charge in [-0.05, 0) is 31.0 Å². The Morgan fingerprint density at radius 3 is 3.00 bits per heavy atom. The van der Waals surface area contributed by atoms with Crippen molar-refractivity contribution in [1.29, 1.82) is 0 Å². The van der Waals surface area contributed by atoms with E-state index in [2.05, 4.69) is 16.5 Å². The lowest BCUT2D eigenvalue weighted by Gasteiger charge is -2.19. The monoisotopic (exact) mass is 303 g/mol. The third kappa shape index (κ3) is 2.61. The van der Waals surface area contributed by atoms with Crippen molar-refractivity contribution in [1.82, 2.24) is 15.1 Å². The lowest BCUT2D eigenvalue weighted by atomic mass is 9.91. The highest BCUT2D eigenvalue weighted by molar-refractivity contribution is 6.30. The van der Waals surface area contributed by atoms with Crippen LogP contribution in [0.3, 0.4) is 0 Å². The SMILES string of the molecule is Cc1nn(C)c(Cl)c1CC(=O)c1cccc2c1CCNC2. The van der Waals surface area contributed by atoms with E-state index in [0.29, 0.717) is 11.6 Å². The van der Waals surface area contributed by atoms with Crippen LogP contribution in [0.5, 0.6) is 0 Å². The molecular formula is C16H18ClN3O. The van der Waals surface area contributed by atoms with Crippen LogP contribution in [0.25, 0.3) is 0 Å². The van der Waals surface area contributed by atoms with Gasteiger partial charge in [0.1, 0.15) is 5.15 Å². The van der Waals surface area contributed by atoms with Crippen LogP contribution in [-0.2, 0) is 26.4 Å². The predicted octanol–water partition coefficient (Wildman–Crippen LogP) is 2.45. The second-order valence-electron chi connectivity index (χ2n) is 5.45. The highest BCUT2D eigenvalue weighted by atomic mass is 35.5. The number of hydrogen-bond donors (Lipinski definition) is 1. The Morgan fingerprint density at radius 2 is 2.29 bits per heavy atom. The van der Waals surface area contributed by atoms with Crippen molar-refractivity contribution in [2.45, 2.75) is 26.3 Å². The van der Waals surface area contributed by atoms with Gasteiger partial charge in [0.15, 0.2) is 5.78 Å². The minimum Gasteiger partial charge on any atom is -0.312 e. The summed E-state index contributed by atoms with van der Waals surface area (Å²) >= 11 is 6.23. The second-order valence-corrected chi connectivity index (χ2v) is 5.81. The number of aromatic nitrogens is 2. The van der Waals surface area contributed by atoms with Crippen LogP contribution < -0.4 is 5.32 Å². The van der Waals surface area contributed by atoms with E-state index in [4.69, 9.17) is 11.6 Å². The topological polar surface area (TPSA) is 46.9 Å². The predicted molar refractivity (Wildman–Crippen MR) is 82.8 cm³/mol. The van der Waals surface area contributed by atoms with E-state index in [1.807, 2.05) is 19.1 Å². The van der Waals surface area contributed by atoms with Gasteiger partial charge in [-0.25, -0.2) is 0 Å². The number of carbonyl (C=O) groups is 1. The first kappa shape index (κ1) is 14.3.